The van der Waals surface area contributed by atoms with Crippen LogP contribution in [-0.4, -0.2) is 40.3 Å². The molecule has 17 heavy (non-hydrogen) atoms. The van der Waals surface area contributed by atoms with Crippen LogP contribution in [0.15, 0.2) is 18.2 Å². The summed E-state index contributed by atoms with van der Waals surface area (Å²) in [6.07, 6.45) is 0. The summed E-state index contributed by atoms with van der Waals surface area (Å²) in [4.78, 5) is 24.7. The lowest BCUT2D eigenvalue weighted by atomic mass is 10.1. The number of rotatable bonds is 3. The zero-order valence-electron chi connectivity index (χ0n) is 10.3. The lowest BCUT2D eigenvalue weighted by Crippen LogP contribution is -2.16. The Hall–Kier alpha value is -2.04. The molecule has 0 aliphatic rings. The standard InChI is InChI=1S/C12H15NO4/c1-13(2)10-6-5-8(11(14)16-3)7-9(10)12(15)17-4/h5-7H,1-4H3. The maximum absolute atomic E-state index is 11.6. The molecule has 0 saturated carbocycles. The van der Waals surface area contributed by atoms with Crippen molar-refractivity contribution in [1.82, 2.24) is 0 Å². The summed E-state index contributed by atoms with van der Waals surface area (Å²) in [6, 6.07) is 4.75. The first-order valence-electron chi connectivity index (χ1n) is 4.99. The Labute approximate surface area is 99.9 Å². The van der Waals surface area contributed by atoms with Crippen LogP contribution < -0.4 is 4.90 Å². The maximum atomic E-state index is 11.6. The zero-order chi connectivity index (χ0) is 13.0. The number of carbonyl (C=O) groups excluding carboxylic acids is 2. The van der Waals surface area contributed by atoms with Crippen LogP contribution in [-0.2, 0) is 9.47 Å². The van der Waals surface area contributed by atoms with Gasteiger partial charge in [-0.25, -0.2) is 9.59 Å². The van der Waals surface area contributed by atoms with E-state index in [9.17, 15) is 9.59 Å². The first-order valence-corrected chi connectivity index (χ1v) is 4.99. The number of nitrogens with zero attached hydrogens (tertiary/aromatic N) is 1. The van der Waals surface area contributed by atoms with Crippen LogP contribution in [0.1, 0.15) is 20.7 Å². The van der Waals surface area contributed by atoms with Gasteiger partial charge in [0.25, 0.3) is 0 Å². The van der Waals surface area contributed by atoms with Crippen molar-refractivity contribution in [3.63, 3.8) is 0 Å². The van der Waals surface area contributed by atoms with Crippen LogP contribution in [0.3, 0.4) is 0 Å². The van der Waals surface area contributed by atoms with Gasteiger partial charge in [-0.05, 0) is 18.2 Å². The second-order valence-corrected chi connectivity index (χ2v) is 3.61. The monoisotopic (exact) mass is 237 g/mol. The topological polar surface area (TPSA) is 55.8 Å². The minimum Gasteiger partial charge on any atom is -0.465 e. The molecule has 5 nitrogen and oxygen atoms in total. The predicted molar refractivity (Wildman–Crippen MR) is 63.4 cm³/mol. The Morgan fingerprint density at radius 2 is 1.65 bits per heavy atom. The number of esters is 2. The van der Waals surface area contributed by atoms with Gasteiger partial charge < -0.3 is 14.4 Å². The fourth-order valence-electron chi connectivity index (χ4n) is 1.44. The Morgan fingerprint density at radius 1 is 1.06 bits per heavy atom. The fraction of sp³-hybridized carbons (Fsp3) is 0.333. The summed E-state index contributed by atoms with van der Waals surface area (Å²) in [5, 5.41) is 0. The van der Waals surface area contributed by atoms with Crippen LogP contribution in [0.5, 0.6) is 0 Å². The molecule has 5 heteroatoms. The molecule has 0 amide bonds. The molecule has 1 rings (SSSR count). The smallest absolute Gasteiger partial charge is 0.339 e. The van der Waals surface area contributed by atoms with Gasteiger partial charge in [-0.3, -0.25) is 0 Å². The van der Waals surface area contributed by atoms with E-state index in [2.05, 4.69) is 9.47 Å². The van der Waals surface area contributed by atoms with Crippen molar-refractivity contribution >= 4 is 17.6 Å². The summed E-state index contributed by atoms with van der Waals surface area (Å²) in [7, 11) is 6.20. The Bertz CT molecular complexity index is 440. The molecule has 0 spiro atoms. The van der Waals surface area contributed by atoms with Gasteiger partial charge in [0, 0.05) is 14.1 Å². The van der Waals surface area contributed by atoms with E-state index in [4.69, 9.17) is 0 Å². The molecule has 0 N–H and O–H groups in total. The second kappa shape index (κ2) is 5.34. The lowest BCUT2D eigenvalue weighted by Gasteiger charge is -2.16. The van der Waals surface area contributed by atoms with Gasteiger partial charge in [-0.15, -0.1) is 0 Å². The third-order valence-electron chi connectivity index (χ3n) is 2.30. The summed E-state index contributed by atoms with van der Waals surface area (Å²) >= 11 is 0. The first kappa shape index (κ1) is 13.0. The molecule has 92 valence electrons. The molecule has 0 saturated heterocycles. The number of benzene rings is 1. The van der Waals surface area contributed by atoms with Crippen molar-refractivity contribution in [2.24, 2.45) is 0 Å². The molecule has 0 unspecified atom stereocenters. The Kier molecular flexibility index (Phi) is 4.09. The minimum absolute atomic E-state index is 0.318. The van der Waals surface area contributed by atoms with Crippen LogP contribution in [0.25, 0.3) is 0 Å². The third-order valence-corrected chi connectivity index (χ3v) is 2.30. The van der Waals surface area contributed by atoms with Crippen molar-refractivity contribution in [3.8, 4) is 0 Å². The van der Waals surface area contributed by atoms with Gasteiger partial charge in [0.15, 0.2) is 0 Å². The van der Waals surface area contributed by atoms with Crippen molar-refractivity contribution in [1.29, 1.82) is 0 Å². The quantitative estimate of drug-likeness (QED) is 0.742. The molecular weight excluding hydrogens is 222 g/mol. The van der Waals surface area contributed by atoms with Crippen LogP contribution in [0.4, 0.5) is 5.69 Å². The molecule has 0 bridgehead atoms. The highest BCUT2D eigenvalue weighted by molar-refractivity contribution is 5.99. The summed E-state index contributed by atoms with van der Waals surface area (Å²) < 4.78 is 9.28. The van der Waals surface area contributed by atoms with E-state index in [-0.39, 0.29) is 0 Å². The largest absolute Gasteiger partial charge is 0.465 e. The number of hydrogen-bond donors (Lipinski definition) is 0. The third kappa shape index (κ3) is 2.75. The van der Waals surface area contributed by atoms with Crippen LogP contribution in [0.2, 0.25) is 0 Å². The van der Waals surface area contributed by atoms with Crippen molar-refractivity contribution in [2.45, 2.75) is 0 Å². The molecule has 0 fully saturated rings. The highest BCUT2D eigenvalue weighted by atomic mass is 16.5. The number of hydrogen-bond acceptors (Lipinski definition) is 5. The van der Waals surface area contributed by atoms with E-state index >= 15 is 0 Å². The summed E-state index contributed by atoms with van der Waals surface area (Å²) in [5.41, 5.74) is 1.34. The maximum Gasteiger partial charge on any atom is 0.339 e. The molecule has 1 aromatic carbocycles. The molecule has 0 aliphatic heterocycles. The van der Waals surface area contributed by atoms with E-state index in [0.717, 1.165) is 0 Å². The van der Waals surface area contributed by atoms with Gasteiger partial charge in [0.05, 0.1) is 31.0 Å². The molecule has 0 heterocycles. The van der Waals surface area contributed by atoms with Crippen molar-refractivity contribution in [2.75, 3.05) is 33.2 Å². The van der Waals surface area contributed by atoms with Gasteiger partial charge in [-0.2, -0.15) is 0 Å². The molecule has 0 radical (unpaired) electrons. The van der Waals surface area contributed by atoms with Gasteiger partial charge in [-0.1, -0.05) is 0 Å². The number of carbonyl (C=O) groups is 2. The van der Waals surface area contributed by atoms with Crippen molar-refractivity contribution in [3.05, 3.63) is 29.3 Å². The van der Waals surface area contributed by atoms with Crippen LogP contribution in [0, 0.1) is 0 Å². The van der Waals surface area contributed by atoms with E-state index in [1.165, 1.54) is 20.3 Å². The molecule has 0 aromatic heterocycles. The zero-order valence-corrected chi connectivity index (χ0v) is 10.3. The highest BCUT2D eigenvalue weighted by Crippen LogP contribution is 2.21. The second-order valence-electron chi connectivity index (χ2n) is 3.61. The predicted octanol–water partition coefficient (Wildman–Crippen LogP) is 1.33. The molecule has 0 atom stereocenters. The average molecular weight is 237 g/mol. The van der Waals surface area contributed by atoms with Gasteiger partial charge >= 0.3 is 11.9 Å². The van der Waals surface area contributed by atoms with Gasteiger partial charge in [0.1, 0.15) is 0 Å². The van der Waals surface area contributed by atoms with Crippen LogP contribution >= 0.6 is 0 Å². The first-order chi connectivity index (χ1) is 8.01. The Morgan fingerprint density at radius 3 is 2.12 bits per heavy atom. The Balaban J connectivity index is 3.29. The lowest BCUT2D eigenvalue weighted by molar-refractivity contribution is 0.0600. The number of ether oxygens (including phenoxy) is 2. The minimum atomic E-state index is -0.487. The normalized spacial score (nSPS) is 9.65. The fourth-order valence-corrected chi connectivity index (χ4v) is 1.44. The van der Waals surface area contributed by atoms with Crippen molar-refractivity contribution < 1.29 is 19.1 Å². The van der Waals surface area contributed by atoms with E-state index in [0.29, 0.717) is 16.8 Å². The number of anilines is 1. The molecule has 1 aromatic rings. The molecular formula is C12H15NO4. The van der Waals surface area contributed by atoms with E-state index < -0.39 is 11.9 Å². The summed E-state index contributed by atoms with van der Waals surface area (Å²) in [5.74, 6) is -0.972. The van der Waals surface area contributed by atoms with Gasteiger partial charge in [0.2, 0.25) is 0 Å². The summed E-state index contributed by atoms with van der Waals surface area (Å²) in [6.45, 7) is 0. The van der Waals surface area contributed by atoms with E-state index in [1.54, 1.807) is 31.1 Å². The highest BCUT2D eigenvalue weighted by Gasteiger charge is 2.16. The number of methoxy groups -OCH3 is 2. The average Bonchev–Trinajstić information content (AvgIpc) is 2.35. The molecule has 0 aliphatic carbocycles. The SMILES string of the molecule is COC(=O)c1ccc(N(C)C)c(C(=O)OC)c1. The van der Waals surface area contributed by atoms with E-state index in [1.807, 2.05) is 0 Å².